The van der Waals surface area contributed by atoms with Crippen molar-refractivity contribution in [3.05, 3.63) is 116 Å². The van der Waals surface area contributed by atoms with E-state index in [0.29, 0.717) is 32.3 Å². The number of fused-ring (bicyclic) bond motifs is 1. The zero-order valence-corrected chi connectivity index (χ0v) is 21.0. The summed E-state index contributed by atoms with van der Waals surface area (Å²) in [6, 6.07) is 25.0. The molecule has 1 heterocycles. The quantitative estimate of drug-likeness (QED) is 0.112. The maximum atomic E-state index is 13.4. The van der Waals surface area contributed by atoms with Crippen molar-refractivity contribution in [1.29, 1.82) is 0 Å². The van der Waals surface area contributed by atoms with E-state index in [-0.39, 0.29) is 11.6 Å². The van der Waals surface area contributed by atoms with E-state index in [9.17, 15) is 14.9 Å². The number of amides is 1. The molecule has 0 N–H and O–H groups in total. The number of hydrogen-bond donors (Lipinski definition) is 0. The summed E-state index contributed by atoms with van der Waals surface area (Å²) >= 11 is 12.6. The Balaban J connectivity index is 1.52. The van der Waals surface area contributed by atoms with Gasteiger partial charge in [-0.05, 0) is 46.7 Å². The predicted molar refractivity (Wildman–Crippen MR) is 148 cm³/mol. The van der Waals surface area contributed by atoms with Crippen LogP contribution < -0.4 is 9.64 Å². The number of thiocarbonyl (C=S) groups is 1. The van der Waals surface area contributed by atoms with E-state index in [0.717, 1.165) is 33.7 Å². The minimum absolute atomic E-state index is 0.113. The van der Waals surface area contributed by atoms with Gasteiger partial charge >= 0.3 is 0 Å². The first kappa shape index (κ1) is 24.0. The number of benzene rings is 4. The zero-order valence-electron chi connectivity index (χ0n) is 18.6. The van der Waals surface area contributed by atoms with Crippen molar-refractivity contribution in [3.63, 3.8) is 0 Å². The number of carbonyl (C=O) groups excluding carboxylic acids is 1. The van der Waals surface area contributed by atoms with Gasteiger partial charge in [0.1, 0.15) is 12.4 Å². The molecule has 1 aliphatic rings. The fourth-order valence-electron chi connectivity index (χ4n) is 3.86. The Morgan fingerprint density at radius 2 is 1.81 bits per heavy atom. The lowest BCUT2D eigenvalue weighted by molar-refractivity contribution is -0.384. The van der Waals surface area contributed by atoms with Crippen molar-refractivity contribution in [2.75, 3.05) is 4.90 Å². The van der Waals surface area contributed by atoms with Crippen LogP contribution in [0.1, 0.15) is 11.1 Å². The Hall–Kier alpha value is -3.72. The molecule has 0 bridgehead atoms. The molecule has 36 heavy (non-hydrogen) atoms. The largest absolute Gasteiger partial charge is 0.488 e. The van der Waals surface area contributed by atoms with Gasteiger partial charge in [-0.1, -0.05) is 84.1 Å². The highest BCUT2D eigenvalue weighted by atomic mass is 35.5. The molecule has 9 heteroatoms. The molecular weight excluding hydrogens is 516 g/mol. The van der Waals surface area contributed by atoms with Crippen LogP contribution in [0.2, 0.25) is 5.02 Å². The first-order chi connectivity index (χ1) is 17.4. The van der Waals surface area contributed by atoms with Crippen molar-refractivity contribution >= 4 is 74.0 Å². The van der Waals surface area contributed by atoms with Crippen molar-refractivity contribution in [1.82, 2.24) is 0 Å². The van der Waals surface area contributed by atoms with Crippen LogP contribution in [-0.4, -0.2) is 15.2 Å². The molecule has 0 atom stereocenters. The normalized spacial score (nSPS) is 14.6. The second kappa shape index (κ2) is 10.1. The number of hydrogen-bond acceptors (Lipinski definition) is 6. The highest BCUT2D eigenvalue weighted by Crippen LogP contribution is 2.39. The number of halogens is 1. The molecule has 4 aromatic carbocycles. The summed E-state index contributed by atoms with van der Waals surface area (Å²) in [5.74, 6) is 0.270. The van der Waals surface area contributed by atoms with Crippen LogP contribution in [0.3, 0.4) is 0 Å². The third-order valence-corrected chi connectivity index (χ3v) is 7.16. The van der Waals surface area contributed by atoms with Crippen LogP contribution in [0, 0.1) is 10.1 Å². The van der Waals surface area contributed by atoms with Gasteiger partial charge in [0, 0.05) is 22.7 Å². The number of anilines is 1. The van der Waals surface area contributed by atoms with Crippen LogP contribution in [0.25, 0.3) is 16.8 Å². The van der Waals surface area contributed by atoms with Gasteiger partial charge in [0.15, 0.2) is 4.32 Å². The molecule has 0 aliphatic carbocycles. The smallest absolute Gasteiger partial charge is 0.271 e. The van der Waals surface area contributed by atoms with E-state index in [4.69, 9.17) is 28.6 Å². The van der Waals surface area contributed by atoms with Gasteiger partial charge in [-0.15, -0.1) is 0 Å². The van der Waals surface area contributed by atoms with E-state index < -0.39 is 4.92 Å². The van der Waals surface area contributed by atoms with Crippen molar-refractivity contribution in [3.8, 4) is 5.75 Å². The third kappa shape index (κ3) is 4.83. The Morgan fingerprint density at radius 3 is 2.58 bits per heavy atom. The first-order valence-corrected chi connectivity index (χ1v) is 12.4. The SMILES string of the molecule is O=C1/C(=C/c2c(OCc3ccc(Cl)cc3)ccc3ccccc23)SC(=S)N1c1cccc([N+](=O)[O-])c1. The summed E-state index contributed by atoms with van der Waals surface area (Å²) in [7, 11) is 0. The summed E-state index contributed by atoms with van der Waals surface area (Å²) in [5.41, 5.74) is 1.95. The second-order valence-electron chi connectivity index (χ2n) is 7.91. The predicted octanol–water partition coefficient (Wildman–Crippen LogP) is 7.39. The summed E-state index contributed by atoms with van der Waals surface area (Å²) in [6.07, 6.45) is 1.77. The monoisotopic (exact) mass is 532 g/mol. The first-order valence-electron chi connectivity index (χ1n) is 10.8. The van der Waals surface area contributed by atoms with Gasteiger partial charge in [-0.2, -0.15) is 0 Å². The minimum atomic E-state index is -0.503. The maximum absolute atomic E-state index is 13.4. The molecule has 1 amide bonds. The molecule has 1 saturated heterocycles. The Morgan fingerprint density at radius 1 is 1.03 bits per heavy atom. The van der Waals surface area contributed by atoms with E-state index in [1.165, 1.54) is 23.1 Å². The summed E-state index contributed by atoms with van der Waals surface area (Å²) in [4.78, 5) is 25.8. The molecule has 6 nitrogen and oxygen atoms in total. The summed E-state index contributed by atoms with van der Waals surface area (Å²) in [5, 5.41) is 13.8. The fourth-order valence-corrected chi connectivity index (χ4v) is 5.27. The van der Waals surface area contributed by atoms with E-state index >= 15 is 0 Å². The number of carbonyl (C=O) groups is 1. The van der Waals surface area contributed by atoms with Gasteiger partial charge in [-0.25, -0.2) is 0 Å². The maximum Gasteiger partial charge on any atom is 0.271 e. The van der Waals surface area contributed by atoms with Gasteiger partial charge < -0.3 is 4.74 Å². The summed E-state index contributed by atoms with van der Waals surface area (Å²) in [6.45, 7) is 0.324. The number of thioether (sulfide) groups is 1. The standard InChI is InChI=1S/C27H17ClN2O4S2/c28-19-11-8-17(9-12-19)16-34-24-13-10-18-4-1-2-7-22(18)23(24)15-25-26(31)29(27(35)36-25)20-5-3-6-21(14-20)30(32)33/h1-15H,16H2/b25-15-. The molecule has 1 aliphatic heterocycles. The Kier molecular flexibility index (Phi) is 6.73. The van der Waals surface area contributed by atoms with Crippen LogP contribution in [0.4, 0.5) is 11.4 Å². The Bertz CT molecular complexity index is 1550. The van der Waals surface area contributed by atoms with Gasteiger partial charge in [0.25, 0.3) is 11.6 Å². The molecular formula is C27H17ClN2O4S2. The summed E-state index contributed by atoms with van der Waals surface area (Å²) < 4.78 is 6.47. The Labute approximate surface area is 221 Å². The van der Waals surface area contributed by atoms with E-state index in [1.807, 2.05) is 48.5 Å². The molecule has 4 aromatic rings. The molecule has 178 valence electrons. The van der Waals surface area contributed by atoms with Crippen molar-refractivity contribution in [2.45, 2.75) is 6.61 Å². The van der Waals surface area contributed by atoms with Gasteiger partial charge in [-0.3, -0.25) is 19.8 Å². The van der Waals surface area contributed by atoms with Gasteiger partial charge in [0.2, 0.25) is 0 Å². The van der Waals surface area contributed by atoms with Crippen molar-refractivity contribution in [2.24, 2.45) is 0 Å². The van der Waals surface area contributed by atoms with E-state index in [2.05, 4.69) is 0 Å². The number of nitro groups is 1. The average molecular weight is 533 g/mol. The lowest BCUT2D eigenvalue weighted by atomic mass is 10.0. The number of nitro benzene ring substituents is 1. The molecule has 0 spiro atoms. The topological polar surface area (TPSA) is 72.7 Å². The zero-order chi connectivity index (χ0) is 25.2. The number of ether oxygens (including phenoxy) is 1. The molecule has 1 fully saturated rings. The number of nitrogens with zero attached hydrogens (tertiary/aromatic N) is 2. The lowest BCUT2D eigenvalue weighted by Gasteiger charge is -2.14. The molecule has 0 radical (unpaired) electrons. The van der Waals surface area contributed by atoms with Crippen LogP contribution in [-0.2, 0) is 11.4 Å². The second-order valence-corrected chi connectivity index (χ2v) is 10.0. The fraction of sp³-hybridized carbons (Fsp3) is 0.0370. The number of non-ortho nitro benzene ring substituents is 1. The highest BCUT2D eigenvalue weighted by Gasteiger charge is 2.34. The molecule has 0 aromatic heterocycles. The van der Waals surface area contributed by atoms with Gasteiger partial charge in [0.05, 0.1) is 15.5 Å². The van der Waals surface area contributed by atoms with Crippen LogP contribution >= 0.6 is 35.6 Å². The number of rotatable bonds is 6. The lowest BCUT2D eigenvalue weighted by Crippen LogP contribution is -2.27. The van der Waals surface area contributed by atoms with Crippen LogP contribution in [0.5, 0.6) is 5.75 Å². The van der Waals surface area contributed by atoms with Crippen molar-refractivity contribution < 1.29 is 14.5 Å². The van der Waals surface area contributed by atoms with E-state index in [1.54, 1.807) is 24.3 Å². The third-order valence-electron chi connectivity index (χ3n) is 5.61. The minimum Gasteiger partial charge on any atom is -0.488 e. The molecule has 0 saturated carbocycles. The highest BCUT2D eigenvalue weighted by molar-refractivity contribution is 8.27. The average Bonchev–Trinajstić information content (AvgIpc) is 3.17. The molecule has 5 rings (SSSR count). The molecule has 0 unspecified atom stereocenters. The van der Waals surface area contributed by atoms with Crippen LogP contribution in [0.15, 0.2) is 89.8 Å².